The van der Waals surface area contributed by atoms with Crippen LogP contribution < -0.4 is 0 Å². The van der Waals surface area contributed by atoms with E-state index in [1.165, 1.54) is 12.1 Å². The van der Waals surface area contributed by atoms with Gasteiger partial charge in [-0.15, -0.1) is 11.3 Å². The van der Waals surface area contributed by atoms with E-state index in [1.807, 2.05) is 29.6 Å². The third kappa shape index (κ3) is 2.47. The average molecular weight is 293 g/mol. The van der Waals surface area contributed by atoms with E-state index < -0.39 is 0 Å². The molecule has 0 unspecified atom stereocenters. The van der Waals surface area contributed by atoms with Gasteiger partial charge in [-0.05, 0) is 29.8 Å². The molecule has 1 heterocycles. The van der Waals surface area contributed by atoms with Crippen molar-refractivity contribution in [3.63, 3.8) is 0 Å². The molecule has 0 spiro atoms. The molecule has 0 aliphatic heterocycles. The zero-order valence-electron chi connectivity index (χ0n) is 10.9. The summed E-state index contributed by atoms with van der Waals surface area (Å²) in [6.07, 6.45) is 1.70. The van der Waals surface area contributed by atoms with E-state index in [9.17, 15) is 15.5 Å². The summed E-state index contributed by atoms with van der Waals surface area (Å²) in [5.74, 6) is -0.372. The van der Waals surface area contributed by atoms with Gasteiger partial charge in [-0.1, -0.05) is 24.3 Å². The molecule has 21 heavy (non-hydrogen) atoms. The molecule has 0 aliphatic rings. The molecule has 0 radical (unpaired) electrons. The molecule has 0 amide bonds. The molecule has 3 rings (SSSR count). The van der Waals surface area contributed by atoms with Crippen molar-refractivity contribution in [3.8, 4) is 17.6 Å². The largest absolute Gasteiger partial charge is 0.504 e. The molecule has 0 atom stereocenters. The van der Waals surface area contributed by atoms with E-state index in [0.29, 0.717) is 11.1 Å². The summed E-state index contributed by atoms with van der Waals surface area (Å²) in [6.45, 7) is 0. The summed E-state index contributed by atoms with van der Waals surface area (Å²) in [5.41, 5.74) is 2.07. The van der Waals surface area contributed by atoms with Crippen LogP contribution in [0.5, 0.6) is 11.5 Å². The highest BCUT2D eigenvalue weighted by Gasteiger charge is 2.09. The van der Waals surface area contributed by atoms with Crippen LogP contribution in [-0.4, -0.2) is 10.2 Å². The zero-order valence-corrected chi connectivity index (χ0v) is 11.8. The number of thiophene rings is 1. The SMILES string of the molecule is N#C/C(=C\c1ccc(O)c(O)c1)c1csc2ccccc12. The fourth-order valence-corrected chi connectivity index (χ4v) is 3.11. The summed E-state index contributed by atoms with van der Waals surface area (Å²) < 4.78 is 1.13. The Bertz CT molecular complexity index is 887. The monoisotopic (exact) mass is 293 g/mol. The van der Waals surface area contributed by atoms with E-state index in [2.05, 4.69) is 6.07 Å². The van der Waals surface area contributed by atoms with Crippen LogP contribution in [0.4, 0.5) is 0 Å². The molecule has 4 heteroatoms. The number of benzene rings is 2. The molecule has 3 nitrogen and oxygen atoms in total. The van der Waals surface area contributed by atoms with Crippen LogP contribution in [0.2, 0.25) is 0 Å². The maximum absolute atomic E-state index is 9.53. The molecule has 0 saturated heterocycles. The Kier molecular flexibility index (Phi) is 3.35. The number of phenols is 2. The first kappa shape index (κ1) is 13.2. The Morgan fingerprint density at radius 3 is 2.67 bits per heavy atom. The summed E-state index contributed by atoms with van der Waals surface area (Å²) in [6, 6.07) is 14.6. The lowest BCUT2D eigenvalue weighted by Crippen LogP contribution is -1.80. The molecule has 0 fully saturated rings. The summed E-state index contributed by atoms with van der Waals surface area (Å²) in [7, 11) is 0. The van der Waals surface area contributed by atoms with Gasteiger partial charge in [0.15, 0.2) is 11.5 Å². The first-order valence-corrected chi connectivity index (χ1v) is 7.17. The van der Waals surface area contributed by atoms with E-state index in [-0.39, 0.29) is 11.5 Å². The molecular weight excluding hydrogens is 282 g/mol. The van der Waals surface area contributed by atoms with Gasteiger partial charge in [-0.2, -0.15) is 5.26 Å². The van der Waals surface area contributed by atoms with Crippen molar-refractivity contribution in [2.24, 2.45) is 0 Å². The third-order valence-electron chi connectivity index (χ3n) is 3.20. The molecule has 0 bridgehead atoms. The van der Waals surface area contributed by atoms with E-state index in [0.717, 1.165) is 15.6 Å². The average Bonchev–Trinajstić information content (AvgIpc) is 2.92. The number of phenolic OH excluding ortho intramolecular Hbond substituents is 2. The summed E-state index contributed by atoms with van der Waals surface area (Å²) >= 11 is 1.59. The van der Waals surface area contributed by atoms with Crippen LogP contribution in [0, 0.1) is 11.3 Å². The van der Waals surface area contributed by atoms with Crippen molar-refractivity contribution in [2.45, 2.75) is 0 Å². The highest BCUT2D eigenvalue weighted by atomic mass is 32.1. The molecule has 102 valence electrons. The fourth-order valence-electron chi connectivity index (χ4n) is 2.15. The minimum absolute atomic E-state index is 0.174. The van der Waals surface area contributed by atoms with Gasteiger partial charge in [0.1, 0.15) is 0 Å². The number of nitriles is 1. The van der Waals surface area contributed by atoms with Gasteiger partial charge in [-0.3, -0.25) is 0 Å². The van der Waals surface area contributed by atoms with Gasteiger partial charge in [0.2, 0.25) is 0 Å². The maximum atomic E-state index is 9.53. The number of allylic oxidation sites excluding steroid dienone is 1. The van der Waals surface area contributed by atoms with Crippen molar-refractivity contribution in [1.82, 2.24) is 0 Å². The van der Waals surface area contributed by atoms with E-state index in [1.54, 1.807) is 23.5 Å². The topological polar surface area (TPSA) is 64.2 Å². The summed E-state index contributed by atoms with van der Waals surface area (Å²) in [4.78, 5) is 0. The molecule has 0 aliphatic carbocycles. The van der Waals surface area contributed by atoms with Crippen LogP contribution >= 0.6 is 11.3 Å². The quantitative estimate of drug-likeness (QED) is 0.544. The summed E-state index contributed by atoms with van der Waals surface area (Å²) in [5, 5.41) is 31.3. The van der Waals surface area contributed by atoms with Gasteiger partial charge < -0.3 is 10.2 Å². The van der Waals surface area contributed by atoms with Gasteiger partial charge in [0.25, 0.3) is 0 Å². The predicted molar refractivity (Wildman–Crippen MR) is 85.1 cm³/mol. The van der Waals surface area contributed by atoms with E-state index in [4.69, 9.17) is 0 Å². The molecule has 1 aromatic heterocycles. The van der Waals surface area contributed by atoms with Gasteiger partial charge in [0.05, 0.1) is 11.6 Å². The van der Waals surface area contributed by atoms with Crippen molar-refractivity contribution in [1.29, 1.82) is 5.26 Å². The lowest BCUT2D eigenvalue weighted by molar-refractivity contribution is 0.403. The number of aromatic hydroxyl groups is 2. The fraction of sp³-hybridized carbons (Fsp3) is 0. The van der Waals surface area contributed by atoms with Crippen LogP contribution in [0.25, 0.3) is 21.7 Å². The predicted octanol–water partition coefficient (Wildman–Crippen LogP) is 4.38. The number of fused-ring (bicyclic) bond motifs is 1. The van der Waals surface area contributed by atoms with Gasteiger partial charge >= 0.3 is 0 Å². The second-order valence-electron chi connectivity index (χ2n) is 4.56. The van der Waals surface area contributed by atoms with Crippen molar-refractivity contribution in [2.75, 3.05) is 0 Å². The lowest BCUT2D eigenvalue weighted by atomic mass is 10.0. The molecule has 0 saturated carbocycles. The number of rotatable bonds is 2. The Hall–Kier alpha value is -2.77. The minimum Gasteiger partial charge on any atom is -0.504 e. The highest BCUT2D eigenvalue weighted by Crippen LogP contribution is 2.32. The first-order valence-electron chi connectivity index (χ1n) is 6.29. The Labute approximate surface area is 125 Å². The van der Waals surface area contributed by atoms with Crippen molar-refractivity contribution in [3.05, 3.63) is 59.0 Å². The number of nitrogens with zero attached hydrogens (tertiary/aromatic N) is 1. The third-order valence-corrected chi connectivity index (χ3v) is 4.17. The molecule has 3 aromatic rings. The Morgan fingerprint density at radius 1 is 1.10 bits per heavy atom. The molecule has 2 N–H and O–H groups in total. The maximum Gasteiger partial charge on any atom is 0.157 e. The van der Waals surface area contributed by atoms with Crippen molar-refractivity contribution < 1.29 is 10.2 Å². The Morgan fingerprint density at radius 2 is 1.90 bits per heavy atom. The van der Waals surface area contributed by atoms with Crippen molar-refractivity contribution >= 4 is 33.1 Å². The second-order valence-corrected chi connectivity index (χ2v) is 5.47. The zero-order chi connectivity index (χ0) is 14.8. The second kappa shape index (κ2) is 5.31. The lowest BCUT2D eigenvalue weighted by Gasteiger charge is -2.01. The van der Waals surface area contributed by atoms with Crippen LogP contribution in [0.3, 0.4) is 0 Å². The van der Waals surface area contributed by atoms with Crippen LogP contribution in [-0.2, 0) is 0 Å². The van der Waals surface area contributed by atoms with Crippen LogP contribution in [0.15, 0.2) is 47.8 Å². The van der Waals surface area contributed by atoms with Gasteiger partial charge in [-0.25, -0.2) is 0 Å². The first-order chi connectivity index (χ1) is 10.2. The van der Waals surface area contributed by atoms with Gasteiger partial charge in [0, 0.05) is 21.0 Å². The molecular formula is C17H11NO2S. The Balaban J connectivity index is 2.11. The normalized spacial score (nSPS) is 11.5. The van der Waals surface area contributed by atoms with E-state index >= 15 is 0 Å². The standard InChI is InChI=1S/C17H11NO2S/c18-9-12(7-11-5-6-15(19)16(20)8-11)14-10-21-17-4-2-1-3-13(14)17/h1-8,10,19-20H/b12-7+. The van der Waals surface area contributed by atoms with Crippen LogP contribution in [0.1, 0.15) is 11.1 Å². The molecule has 2 aromatic carbocycles. The number of hydrogen-bond acceptors (Lipinski definition) is 4. The number of hydrogen-bond donors (Lipinski definition) is 2. The minimum atomic E-state index is -0.198. The smallest absolute Gasteiger partial charge is 0.157 e. The highest BCUT2D eigenvalue weighted by molar-refractivity contribution is 7.17.